The Balaban J connectivity index is 0.888. The van der Waals surface area contributed by atoms with Crippen molar-refractivity contribution in [1.82, 2.24) is 39.9 Å². The van der Waals surface area contributed by atoms with Crippen LogP contribution in [0.15, 0.2) is 104 Å². The Hall–Kier alpha value is -6.14. The van der Waals surface area contributed by atoms with Gasteiger partial charge in [-0.1, -0.05) is 62.6 Å². The summed E-state index contributed by atoms with van der Waals surface area (Å²) in [5, 5.41) is 18.5. The number of carbonyl (C=O) groups is 3. The van der Waals surface area contributed by atoms with Crippen LogP contribution in [0.4, 0.5) is 5.69 Å². The zero-order valence-electron chi connectivity index (χ0n) is 40.8. The first-order valence-electron chi connectivity index (χ1n) is 24.2. The third kappa shape index (κ3) is 20.2. The molecule has 1 saturated carbocycles. The standard InChI is InChI=1S/C52H73N9O8/c1-6-10-42(7-2)35-53-52(64)51(44-36-55-60(38-44)37-41(3)4)61(47-16-17-47)50(63)22-13-43-11-18-48(19-12-43)68-27-9-8-24-58(5)25-29-66-32-31-65-28-23-46-39-59(57-56-46)26-30-67-33-34-69-49-20-14-45(15-21-49)54-40-62/h6-7,10-12,14-15,18-21,36,38-41,47,51H,1-2,8-9,13,16-17,22-35,37H2,3-5H3,(H,53,64)(H,54,62)/b42-10+. The van der Waals surface area contributed by atoms with E-state index in [-0.39, 0.29) is 30.8 Å². The number of amides is 3. The van der Waals surface area contributed by atoms with Crippen LogP contribution in [0, 0.1) is 5.92 Å². The Morgan fingerprint density at radius 3 is 2.26 bits per heavy atom. The number of hydrogen-bond donors (Lipinski definition) is 2. The summed E-state index contributed by atoms with van der Waals surface area (Å²) >= 11 is 0. The van der Waals surface area contributed by atoms with Crippen molar-refractivity contribution >= 4 is 23.9 Å². The van der Waals surface area contributed by atoms with Crippen molar-refractivity contribution in [2.24, 2.45) is 5.92 Å². The van der Waals surface area contributed by atoms with Gasteiger partial charge >= 0.3 is 0 Å². The molecule has 2 aromatic heterocycles. The molecule has 1 fully saturated rings. The Morgan fingerprint density at radius 1 is 0.841 bits per heavy atom. The van der Waals surface area contributed by atoms with Gasteiger partial charge in [0, 0.05) is 62.2 Å². The number of benzene rings is 2. The molecule has 17 heteroatoms. The summed E-state index contributed by atoms with van der Waals surface area (Å²) in [7, 11) is 2.10. The molecule has 0 radical (unpaired) electrons. The number of likely N-dealkylation sites (N-methyl/N-ethyl adjacent to an activating group) is 1. The summed E-state index contributed by atoms with van der Waals surface area (Å²) in [6.45, 7) is 19.4. The van der Waals surface area contributed by atoms with Crippen molar-refractivity contribution in [3.63, 3.8) is 0 Å². The number of ether oxygens (including phenoxy) is 5. The van der Waals surface area contributed by atoms with Crippen LogP contribution in [0.25, 0.3) is 0 Å². The predicted octanol–water partition coefficient (Wildman–Crippen LogP) is 6.24. The largest absolute Gasteiger partial charge is 0.494 e. The Morgan fingerprint density at radius 2 is 1.55 bits per heavy atom. The van der Waals surface area contributed by atoms with Gasteiger partial charge in [-0.05, 0) is 99.1 Å². The van der Waals surface area contributed by atoms with Gasteiger partial charge in [-0.25, -0.2) is 4.68 Å². The maximum Gasteiger partial charge on any atom is 0.247 e. The van der Waals surface area contributed by atoms with E-state index in [1.54, 1.807) is 52.2 Å². The summed E-state index contributed by atoms with van der Waals surface area (Å²) in [5.41, 5.74) is 4.15. The summed E-state index contributed by atoms with van der Waals surface area (Å²) in [5.74, 6) is 1.61. The van der Waals surface area contributed by atoms with E-state index in [1.165, 1.54) is 0 Å². The molecular weight excluding hydrogens is 879 g/mol. The third-order valence-electron chi connectivity index (χ3n) is 11.2. The van der Waals surface area contributed by atoms with Crippen LogP contribution < -0.4 is 20.1 Å². The Bertz CT molecular complexity index is 2170. The Kier molecular flexibility index (Phi) is 23.7. The molecule has 374 valence electrons. The molecule has 0 spiro atoms. The number of aromatic nitrogens is 5. The summed E-state index contributed by atoms with van der Waals surface area (Å²) in [6.07, 6.45) is 16.5. The lowest BCUT2D eigenvalue weighted by atomic mass is 10.0. The summed E-state index contributed by atoms with van der Waals surface area (Å²) < 4.78 is 32.5. The minimum Gasteiger partial charge on any atom is -0.494 e. The molecule has 2 aromatic carbocycles. The number of aryl methyl sites for hydroxylation is 1. The second kappa shape index (κ2) is 30.4. The van der Waals surface area contributed by atoms with Gasteiger partial charge in [0.25, 0.3) is 0 Å². The van der Waals surface area contributed by atoms with Gasteiger partial charge in [0.15, 0.2) is 0 Å². The molecule has 4 aromatic rings. The van der Waals surface area contributed by atoms with Gasteiger partial charge in [0.2, 0.25) is 18.2 Å². The first-order valence-corrected chi connectivity index (χ1v) is 24.2. The lowest BCUT2D eigenvalue weighted by Crippen LogP contribution is -2.45. The minimum absolute atomic E-state index is 0.0158. The number of rotatable bonds is 37. The highest BCUT2D eigenvalue weighted by Crippen LogP contribution is 2.36. The van der Waals surface area contributed by atoms with E-state index >= 15 is 0 Å². The number of hydrogen-bond acceptors (Lipinski definition) is 12. The van der Waals surface area contributed by atoms with E-state index in [0.717, 1.165) is 67.9 Å². The molecule has 1 aliphatic rings. The normalized spacial score (nSPS) is 13.0. The quantitative estimate of drug-likeness (QED) is 0.0296. The molecule has 3 amide bonds. The SMILES string of the molecule is C=C/C=C(\C=C)CNC(=O)C(c1cnn(CC(C)C)c1)N(C(=O)CCc1ccc(OCCCCN(C)CCOCCOCCc2cn(CCOCCOc3ccc(NC=O)cc3)nn2)cc1)C1CC1. The zero-order valence-corrected chi connectivity index (χ0v) is 40.8. The number of carbonyl (C=O) groups excluding carboxylic acids is 3. The number of nitrogens with zero attached hydrogens (tertiary/aromatic N) is 7. The minimum atomic E-state index is -0.779. The number of anilines is 1. The fourth-order valence-electron chi connectivity index (χ4n) is 7.37. The molecule has 5 rings (SSSR count). The van der Waals surface area contributed by atoms with Crippen LogP contribution in [-0.2, 0) is 54.5 Å². The Labute approximate surface area is 407 Å². The van der Waals surface area contributed by atoms with Crippen molar-refractivity contribution in [2.75, 3.05) is 84.9 Å². The molecule has 69 heavy (non-hydrogen) atoms. The molecule has 1 atom stereocenters. The average Bonchev–Trinajstić information content (AvgIpc) is 3.91. The topological polar surface area (TPSA) is 176 Å². The smallest absolute Gasteiger partial charge is 0.247 e. The third-order valence-corrected chi connectivity index (χ3v) is 11.2. The predicted molar refractivity (Wildman–Crippen MR) is 266 cm³/mol. The van der Waals surface area contributed by atoms with Crippen molar-refractivity contribution in [3.05, 3.63) is 121 Å². The van der Waals surface area contributed by atoms with Crippen LogP contribution in [0.5, 0.6) is 11.5 Å². The van der Waals surface area contributed by atoms with E-state index in [4.69, 9.17) is 23.7 Å². The van der Waals surface area contributed by atoms with Crippen LogP contribution in [0.3, 0.4) is 0 Å². The average molecular weight is 952 g/mol. The van der Waals surface area contributed by atoms with Gasteiger partial charge in [-0.3, -0.25) is 19.1 Å². The highest BCUT2D eigenvalue weighted by molar-refractivity contribution is 5.89. The highest BCUT2D eigenvalue weighted by atomic mass is 16.5. The molecule has 2 heterocycles. The molecule has 2 N–H and O–H groups in total. The molecule has 0 aliphatic heterocycles. The number of allylic oxidation sites excluding steroid dienone is 2. The summed E-state index contributed by atoms with van der Waals surface area (Å²) in [6, 6.07) is 14.3. The van der Waals surface area contributed by atoms with Crippen LogP contribution in [0.1, 0.15) is 68.8 Å². The van der Waals surface area contributed by atoms with E-state index in [2.05, 4.69) is 65.0 Å². The number of unbranched alkanes of at least 4 members (excludes halogenated alkanes) is 1. The van der Waals surface area contributed by atoms with Crippen molar-refractivity contribution in [3.8, 4) is 11.5 Å². The lowest BCUT2D eigenvalue weighted by Gasteiger charge is -2.31. The van der Waals surface area contributed by atoms with Gasteiger partial charge in [-0.15, -0.1) is 5.10 Å². The molecule has 1 aliphatic carbocycles. The van der Waals surface area contributed by atoms with E-state index < -0.39 is 6.04 Å². The second-order valence-electron chi connectivity index (χ2n) is 17.4. The van der Waals surface area contributed by atoms with Crippen molar-refractivity contribution in [2.45, 2.75) is 84.0 Å². The fraction of sp³-hybridized carbons (Fsp3) is 0.500. The molecule has 0 saturated heterocycles. The van der Waals surface area contributed by atoms with E-state index in [1.807, 2.05) is 47.4 Å². The summed E-state index contributed by atoms with van der Waals surface area (Å²) in [4.78, 5) is 42.4. The molecular formula is C52H73N9O8. The van der Waals surface area contributed by atoms with Gasteiger partial charge in [0.05, 0.1) is 64.7 Å². The van der Waals surface area contributed by atoms with Gasteiger partial charge in [-0.2, -0.15) is 5.10 Å². The highest BCUT2D eigenvalue weighted by Gasteiger charge is 2.41. The second-order valence-corrected chi connectivity index (χ2v) is 17.4. The van der Waals surface area contributed by atoms with Crippen LogP contribution in [-0.4, -0.2) is 138 Å². The number of nitrogens with one attached hydrogen (secondary N) is 2. The maximum atomic E-state index is 14.0. The maximum absolute atomic E-state index is 14.0. The monoisotopic (exact) mass is 952 g/mol. The molecule has 1 unspecified atom stereocenters. The van der Waals surface area contributed by atoms with Crippen molar-refractivity contribution < 1.29 is 38.1 Å². The fourth-order valence-corrected chi connectivity index (χ4v) is 7.37. The molecule has 17 nitrogen and oxygen atoms in total. The first-order chi connectivity index (χ1) is 33.6. The van der Waals surface area contributed by atoms with Crippen molar-refractivity contribution in [1.29, 1.82) is 0 Å². The first kappa shape index (κ1) is 53.8. The van der Waals surface area contributed by atoms with Crippen LogP contribution in [0.2, 0.25) is 0 Å². The van der Waals surface area contributed by atoms with E-state index in [0.29, 0.717) is 102 Å². The molecule has 0 bridgehead atoms. The van der Waals surface area contributed by atoms with Crippen LogP contribution >= 0.6 is 0 Å². The van der Waals surface area contributed by atoms with Gasteiger partial charge in [0.1, 0.15) is 24.1 Å². The lowest BCUT2D eigenvalue weighted by molar-refractivity contribution is -0.141. The zero-order chi connectivity index (χ0) is 49.1. The van der Waals surface area contributed by atoms with E-state index in [9.17, 15) is 14.4 Å². The van der Waals surface area contributed by atoms with Gasteiger partial charge < -0.3 is 44.1 Å².